The van der Waals surface area contributed by atoms with Crippen LogP contribution >= 0.6 is 11.6 Å². The number of likely N-dealkylation sites (tertiary alicyclic amines) is 1. The highest BCUT2D eigenvalue weighted by atomic mass is 35.5. The summed E-state index contributed by atoms with van der Waals surface area (Å²) in [5, 5.41) is 6.44. The van der Waals surface area contributed by atoms with Crippen molar-refractivity contribution < 1.29 is 9.18 Å². The minimum absolute atomic E-state index is 0.144. The van der Waals surface area contributed by atoms with Crippen molar-refractivity contribution in [3.63, 3.8) is 0 Å². The first-order valence-electron chi connectivity index (χ1n) is 9.28. The Balaban J connectivity index is 1.41. The summed E-state index contributed by atoms with van der Waals surface area (Å²) in [7, 11) is 0. The number of benzene rings is 2. The third-order valence-corrected chi connectivity index (χ3v) is 5.54. The zero-order chi connectivity index (χ0) is 19.2. The molecule has 144 valence electrons. The van der Waals surface area contributed by atoms with E-state index in [4.69, 9.17) is 11.6 Å². The molecule has 1 saturated heterocycles. The Kier molecular flexibility index (Phi) is 6.69. The number of hydrogen-bond acceptors (Lipinski definition) is 2. The Bertz CT molecular complexity index is 791. The number of amides is 2. The molecule has 0 spiro atoms. The van der Waals surface area contributed by atoms with Crippen molar-refractivity contribution in [2.45, 2.75) is 26.3 Å². The number of nitrogens with one attached hydrogen (secondary N) is 2. The average Bonchev–Trinajstić information content (AvgIpc) is 2.67. The monoisotopic (exact) mass is 389 g/mol. The Labute approximate surface area is 164 Å². The van der Waals surface area contributed by atoms with Gasteiger partial charge in [0.15, 0.2) is 0 Å². The number of carbonyl (C=O) groups excluding carboxylic acids is 1. The fourth-order valence-corrected chi connectivity index (χ4v) is 3.54. The SMILES string of the molecule is Cc1c(Cl)cccc1NC(=O)NCC1CCN(Cc2ccccc2F)CC1. The van der Waals surface area contributed by atoms with Gasteiger partial charge in [0.25, 0.3) is 0 Å². The van der Waals surface area contributed by atoms with E-state index in [1.165, 1.54) is 6.07 Å². The molecule has 1 fully saturated rings. The molecule has 2 aromatic carbocycles. The van der Waals surface area contributed by atoms with E-state index in [2.05, 4.69) is 15.5 Å². The molecule has 1 heterocycles. The van der Waals surface area contributed by atoms with Gasteiger partial charge in [-0.3, -0.25) is 4.90 Å². The quantitative estimate of drug-likeness (QED) is 0.769. The maximum atomic E-state index is 13.8. The van der Waals surface area contributed by atoms with Crippen molar-refractivity contribution in [1.82, 2.24) is 10.2 Å². The molecule has 3 rings (SSSR count). The van der Waals surface area contributed by atoms with E-state index in [0.717, 1.165) is 42.7 Å². The molecule has 0 atom stereocenters. The van der Waals surface area contributed by atoms with Crippen LogP contribution in [0.5, 0.6) is 0 Å². The van der Waals surface area contributed by atoms with Gasteiger partial charge in [0, 0.05) is 29.4 Å². The molecule has 0 radical (unpaired) electrons. The Morgan fingerprint density at radius 1 is 1.19 bits per heavy atom. The van der Waals surface area contributed by atoms with E-state index in [9.17, 15) is 9.18 Å². The van der Waals surface area contributed by atoms with E-state index in [1.807, 2.05) is 31.2 Å². The number of hydrogen-bond donors (Lipinski definition) is 2. The molecular weight excluding hydrogens is 365 g/mol. The van der Waals surface area contributed by atoms with Crippen LogP contribution in [0.3, 0.4) is 0 Å². The van der Waals surface area contributed by atoms with Crippen molar-refractivity contribution >= 4 is 23.3 Å². The summed E-state index contributed by atoms with van der Waals surface area (Å²) in [6, 6.07) is 12.2. The standard InChI is InChI=1S/C21H25ClFN3O/c1-15-18(22)6-4-8-20(15)25-21(27)24-13-16-9-11-26(12-10-16)14-17-5-2-3-7-19(17)23/h2-8,16H,9-14H2,1H3,(H2,24,25,27). The van der Waals surface area contributed by atoms with E-state index in [-0.39, 0.29) is 11.8 Å². The summed E-state index contributed by atoms with van der Waals surface area (Å²) in [4.78, 5) is 14.4. The minimum Gasteiger partial charge on any atom is -0.338 e. The molecule has 6 heteroatoms. The van der Waals surface area contributed by atoms with Gasteiger partial charge in [-0.25, -0.2) is 9.18 Å². The fraction of sp³-hybridized carbons (Fsp3) is 0.381. The first-order valence-corrected chi connectivity index (χ1v) is 9.66. The molecule has 1 aliphatic heterocycles. The number of nitrogens with zero attached hydrogens (tertiary/aromatic N) is 1. The normalized spacial score (nSPS) is 15.5. The lowest BCUT2D eigenvalue weighted by Crippen LogP contribution is -2.39. The van der Waals surface area contributed by atoms with Crippen molar-refractivity contribution in [3.05, 3.63) is 64.4 Å². The molecule has 2 aromatic rings. The van der Waals surface area contributed by atoms with Gasteiger partial charge < -0.3 is 10.6 Å². The topological polar surface area (TPSA) is 44.4 Å². The molecule has 0 unspecified atom stereocenters. The highest BCUT2D eigenvalue weighted by Crippen LogP contribution is 2.23. The van der Waals surface area contributed by atoms with Crippen LogP contribution in [0.25, 0.3) is 0 Å². The number of halogens is 2. The predicted octanol–water partition coefficient (Wildman–Crippen LogP) is 4.82. The molecule has 2 N–H and O–H groups in total. The van der Waals surface area contributed by atoms with Crippen LogP contribution in [0.15, 0.2) is 42.5 Å². The molecule has 0 aliphatic carbocycles. The lowest BCUT2D eigenvalue weighted by atomic mass is 9.96. The summed E-state index contributed by atoms with van der Waals surface area (Å²) < 4.78 is 13.8. The van der Waals surface area contributed by atoms with Crippen molar-refractivity contribution in [2.24, 2.45) is 5.92 Å². The zero-order valence-electron chi connectivity index (χ0n) is 15.5. The molecule has 1 aliphatic rings. The third kappa shape index (κ3) is 5.44. The van der Waals surface area contributed by atoms with E-state index >= 15 is 0 Å². The van der Waals surface area contributed by atoms with E-state index in [1.54, 1.807) is 12.1 Å². The Morgan fingerprint density at radius 3 is 2.67 bits per heavy atom. The molecule has 0 bridgehead atoms. The number of piperidine rings is 1. The van der Waals surface area contributed by atoms with Crippen LogP contribution in [0.2, 0.25) is 5.02 Å². The number of anilines is 1. The summed E-state index contributed by atoms with van der Waals surface area (Å²) >= 11 is 6.08. The smallest absolute Gasteiger partial charge is 0.319 e. The summed E-state index contributed by atoms with van der Waals surface area (Å²) in [6.45, 7) is 4.98. The van der Waals surface area contributed by atoms with Crippen molar-refractivity contribution in [2.75, 3.05) is 25.0 Å². The van der Waals surface area contributed by atoms with Gasteiger partial charge in [0.05, 0.1) is 0 Å². The predicted molar refractivity (Wildman–Crippen MR) is 108 cm³/mol. The molecule has 0 aromatic heterocycles. The van der Waals surface area contributed by atoms with Gasteiger partial charge in [0.2, 0.25) is 0 Å². The molecule has 2 amide bonds. The first-order chi connectivity index (χ1) is 13.0. The van der Waals surface area contributed by atoms with Crippen LogP contribution in [0, 0.1) is 18.7 Å². The highest BCUT2D eigenvalue weighted by Gasteiger charge is 2.20. The number of carbonyl (C=O) groups is 1. The zero-order valence-corrected chi connectivity index (χ0v) is 16.2. The average molecular weight is 390 g/mol. The van der Waals surface area contributed by atoms with Gasteiger partial charge in [-0.15, -0.1) is 0 Å². The largest absolute Gasteiger partial charge is 0.338 e. The summed E-state index contributed by atoms with van der Waals surface area (Å²) in [5.74, 6) is 0.294. The minimum atomic E-state index is -0.214. The van der Waals surface area contributed by atoms with Crippen LogP contribution < -0.4 is 10.6 Å². The lowest BCUT2D eigenvalue weighted by Gasteiger charge is -2.32. The Hall–Kier alpha value is -2.11. The van der Waals surface area contributed by atoms with E-state index in [0.29, 0.717) is 24.0 Å². The van der Waals surface area contributed by atoms with Gasteiger partial charge in [-0.1, -0.05) is 35.9 Å². The second kappa shape index (κ2) is 9.20. The summed E-state index contributed by atoms with van der Waals surface area (Å²) in [5.41, 5.74) is 2.32. The first kappa shape index (κ1) is 19.6. The maximum absolute atomic E-state index is 13.8. The second-order valence-corrected chi connectivity index (χ2v) is 7.47. The van der Waals surface area contributed by atoms with Gasteiger partial charge in [0.1, 0.15) is 5.82 Å². The van der Waals surface area contributed by atoms with Crippen LogP contribution in [-0.2, 0) is 6.54 Å². The number of rotatable bonds is 5. The second-order valence-electron chi connectivity index (χ2n) is 7.06. The number of urea groups is 1. The lowest BCUT2D eigenvalue weighted by molar-refractivity contribution is 0.174. The van der Waals surface area contributed by atoms with Crippen LogP contribution in [0.1, 0.15) is 24.0 Å². The Morgan fingerprint density at radius 2 is 1.93 bits per heavy atom. The van der Waals surface area contributed by atoms with Gasteiger partial charge in [-0.05, 0) is 62.5 Å². The third-order valence-electron chi connectivity index (χ3n) is 5.13. The highest BCUT2D eigenvalue weighted by molar-refractivity contribution is 6.31. The van der Waals surface area contributed by atoms with E-state index < -0.39 is 0 Å². The van der Waals surface area contributed by atoms with Crippen LogP contribution in [-0.4, -0.2) is 30.6 Å². The molecular formula is C21H25ClFN3O. The van der Waals surface area contributed by atoms with Gasteiger partial charge >= 0.3 is 6.03 Å². The van der Waals surface area contributed by atoms with Crippen LogP contribution in [0.4, 0.5) is 14.9 Å². The van der Waals surface area contributed by atoms with Gasteiger partial charge in [-0.2, -0.15) is 0 Å². The molecule has 27 heavy (non-hydrogen) atoms. The fourth-order valence-electron chi connectivity index (χ4n) is 3.36. The van der Waals surface area contributed by atoms with Crippen molar-refractivity contribution in [3.8, 4) is 0 Å². The molecule has 0 saturated carbocycles. The molecule has 4 nitrogen and oxygen atoms in total. The van der Waals surface area contributed by atoms with Crippen molar-refractivity contribution in [1.29, 1.82) is 0 Å². The maximum Gasteiger partial charge on any atom is 0.319 e. The summed E-state index contributed by atoms with van der Waals surface area (Å²) in [6.07, 6.45) is 1.98.